The molecule has 0 unspecified atom stereocenters. The van der Waals surface area contributed by atoms with E-state index in [9.17, 15) is 23.3 Å². The number of hydrogen-bond acceptors (Lipinski definition) is 6. The maximum atomic E-state index is 12.8. The first-order valence-corrected chi connectivity index (χ1v) is 13.1. The van der Waals surface area contributed by atoms with Crippen LogP contribution >= 0.6 is 0 Å². The number of carbonyl (C=O) groups excluding carboxylic acids is 1. The molecule has 182 valence electrons. The van der Waals surface area contributed by atoms with Crippen LogP contribution in [0, 0.1) is 10.1 Å². The Morgan fingerprint density at radius 2 is 1.47 bits per heavy atom. The number of amides is 1. The largest absolute Gasteiger partial charge is 0.368 e. The Morgan fingerprint density at radius 1 is 0.853 bits per heavy atom. The molecule has 10 heteroatoms. The predicted molar refractivity (Wildman–Crippen MR) is 129 cm³/mol. The van der Waals surface area contributed by atoms with Crippen molar-refractivity contribution in [2.24, 2.45) is 0 Å². The lowest BCUT2D eigenvalue weighted by molar-refractivity contribution is -0.384. The van der Waals surface area contributed by atoms with E-state index in [0.29, 0.717) is 57.0 Å². The summed E-state index contributed by atoms with van der Waals surface area (Å²) in [4.78, 5) is 27.4. The number of piperidine rings is 1. The number of anilines is 1. The molecule has 0 spiro atoms. The highest BCUT2D eigenvalue weighted by Crippen LogP contribution is 2.22. The molecular weight excluding hydrogens is 456 g/mol. The summed E-state index contributed by atoms with van der Waals surface area (Å²) in [5, 5.41) is 10.8. The van der Waals surface area contributed by atoms with Gasteiger partial charge in [0.1, 0.15) is 0 Å². The number of rotatable bonds is 7. The van der Waals surface area contributed by atoms with Gasteiger partial charge in [-0.15, -0.1) is 0 Å². The van der Waals surface area contributed by atoms with Crippen molar-refractivity contribution in [2.75, 3.05) is 44.2 Å². The van der Waals surface area contributed by atoms with Crippen LogP contribution < -0.4 is 4.90 Å². The third kappa shape index (κ3) is 5.56. The van der Waals surface area contributed by atoms with Crippen molar-refractivity contribution in [1.82, 2.24) is 9.21 Å². The van der Waals surface area contributed by atoms with E-state index in [1.165, 1.54) is 12.1 Å². The van der Waals surface area contributed by atoms with Gasteiger partial charge in [0, 0.05) is 63.5 Å². The van der Waals surface area contributed by atoms with Crippen LogP contribution in [0.2, 0.25) is 0 Å². The van der Waals surface area contributed by atoms with Gasteiger partial charge in [0.2, 0.25) is 15.9 Å². The van der Waals surface area contributed by atoms with Crippen molar-refractivity contribution < 1.29 is 18.1 Å². The highest BCUT2D eigenvalue weighted by atomic mass is 32.2. The first kappa shape index (κ1) is 24.2. The average molecular weight is 487 g/mol. The number of aryl methyl sites for hydroxylation is 1. The normalized spacial score (nSPS) is 17.5. The van der Waals surface area contributed by atoms with Gasteiger partial charge in [0.15, 0.2) is 0 Å². The van der Waals surface area contributed by atoms with Crippen LogP contribution in [0.25, 0.3) is 0 Å². The van der Waals surface area contributed by atoms with Gasteiger partial charge >= 0.3 is 0 Å². The fourth-order valence-corrected chi connectivity index (χ4v) is 6.01. The minimum atomic E-state index is -3.44. The molecule has 0 N–H and O–H groups in total. The summed E-state index contributed by atoms with van der Waals surface area (Å²) in [6.07, 6.45) is 3.81. The van der Waals surface area contributed by atoms with E-state index < -0.39 is 14.9 Å². The predicted octanol–water partition coefficient (Wildman–Crippen LogP) is 3.05. The molecule has 0 radical (unpaired) electrons. The Hall–Kier alpha value is -2.98. The lowest BCUT2D eigenvalue weighted by Gasteiger charge is -2.36. The Morgan fingerprint density at radius 3 is 2.06 bits per heavy atom. The molecule has 0 saturated carbocycles. The maximum absolute atomic E-state index is 12.8. The Kier molecular flexibility index (Phi) is 7.47. The minimum Gasteiger partial charge on any atom is -0.368 e. The standard InChI is InChI=1S/C24H30N4O5S/c29-24(26-18-16-25(17-19-26)21-7-9-22(10-8-21)28(30)31)13-6-20-4-11-23(12-5-20)34(32,33)27-14-2-1-3-15-27/h4-5,7-12H,1-3,6,13-19H2. The zero-order chi connectivity index (χ0) is 24.1. The van der Waals surface area contributed by atoms with Crippen LogP contribution in [-0.4, -0.2) is 67.7 Å². The molecule has 0 bridgehead atoms. The Balaban J connectivity index is 1.26. The maximum Gasteiger partial charge on any atom is 0.269 e. The van der Waals surface area contributed by atoms with Crippen molar-refractivity contribution in [3.8, 4) is 0 Å². The molecule has 0 atom stereocenters. The van der Waals surface area contributed by atoms with Crippen LogP contribution in [0.4, 0.5) is 11.4 Å². The third-order valence-corrected chi connectivity index (χ3v) is 8.47. The van der Waals surface area contributed by atoms with Gasteiger partial charge < -0.3 is 9.80 Å². The van der Waals surface area contributed by atoms with Gasteiger partial charge in [-0.25, -0.2) is 8.42 Å². The van der Waals surface area contributed by atoms with Gasteiger partial charge in [0.05, 0.1) is 9.82 Å². The molecule has 2 heterocycles. The topological polar surface area (TPSA) is 104 Å². The third-order valence-electron chi connectivity index (χ3n) is 6.56. The van der Waals surface area contributed by atoms with E-state index in [1.807, 2.05) is 4.90 Å². The number of nitrogens with zero attached hydrogens (tertiary/aromatic N) is 4. The first-order chi connectivity index (χ1) is 16.3. The van der Waals surface area contributed by atoms with Crippen LogP contribution in [0.5, 0.6) is 0 Å². The number of benzene rings is 2. The summed E-state index contributed by atoms with van der Waals surface area (Å²) in [5.74, 6) is 0.0772. The van der Waals surface area contributed by atoms with Crippen molar-refractivity contribution in [1.29, 1.82) is 0 Å². The lowest BCUT2D eigenvalue weighted by atomic mass is 10.1. The molecule has 34 heavy (non-hydrogen) atoms. The Labute approximate surface area is 200 Å². The van der Waals surface area contributed by atoms with E-state index in [4.69, 9.17) is 0 Å². The van der Waals surface area contributed by atoms with Crippen molar-refractivity contribution in [3.05, 3.63) is 64.2 Å². The van der Waals surface area contributed by atoms with Gasteiger partial charge in [-0.2, -0.15) is 4.31 Å². The summed E-state index contributed by atoms with van der Waals surface area (Å²) in [7, 11) is -3.44. The molecule has 2 saturated heterocycles. The van der Waals surface area contributed by atoms with Crippen molar-refractivity contribution >= 4 is 27.3 Å². The summed E-state index contributed by atoms with van der Waals surface area (Å²) in [6, 6.07) is 13.4. The second-order valence-corrected chi connectivity index (χ2v) is 10.7. The molecule has 2 aliphatic rings. The monoisotopic (exact) mass is 486 g/mol. The van der Waals surface area contributed by atoms with Crippen molar-refractivity contribution in [2.45, 2.75) is 37.0 Å². The lowest BCUT2D eigenvalue weighted by Crippen LogP contribution is -2.48. The van der Waals surface area contributed by atoms with E-state index in [2.05, 4.69) is 4.90 Å². The smallest absolute Gasteiger partial charge is 0.269 e. The number of non-ortho nitro benzene ring substituents is 1. The van der Waals surface area contributed by atoms with E-state index in [1.54, 1.807) is 40.7 Å². The molecule has 2 fully saturated rings. The van der Waals surface area contributed by atoms with Gasteiger partial charge in [-0.3, -0.25) is 14.9 Å². The zero-order valence-electron chi connectivity index (χ0n) is 19.1. The summed E-state index contributed by atoms with van der Waals surface area (Å²) in [5.41, 5.74) is 1.92. The SMILES string of the molecule is O=C(CCc1ccc(S(=O)(=O)N2CCCCC2)cc1)N1CCN(c2ccc([N+](=O)[O-])cc2)CC1. The second kappa shape index (κ2) is 10.5. The zero-order valence-corrected chi connectivity index (χ0v) is 20.0. The number of nitro benzene ring substituents is 1. The average Bonchev–Trinajstić information content (AvgIpc) is 2.88. The molecule has 9 nitrogen and oxygen atoms in total. The molecule has 0 aliphatic carbocycles. The highest BCUT2D eigenvalue weighted by Gasteiger charge is 2.26. The highest BCUT2D eigenvalue weighted by molar-refractivity contribution is 7.89. The van der Waals surface area contributed by atoms with E-state index in [0.717, 1.165) is 30.5 Å². The molecule has 2 aliphatic heterocycles. The Bertz CT molecular complexity index is 1110. The number of piperazine rings is 1. The van der Waals surface area contributed by atoms with Crippen LogP contribution in [0.3, 0.4) is 0 Å². The first-order valence-electron chi connectivity index (χ1n) is 11.7. The van der Waals surface area contributed by atoms with Crippen LogP contribution in [-0.2, 0) is 21.2 Å². The van der Waals surface area contributed by atoms with E-state index in [-0.39, 0.29) is 11.6 Å². The summed E-state index contributed by atoms with van der Waals surface area (Å²) >= 11 is 0. The molecule has 4 rings (SSSR count). The van der Waals surface area contributed by atoms with E-state index >= 15 is 0 Å². The minimum absolute atomic E-state index is 0.0645. The summed E-state index contributed by atoms with van der Waals surface area (Å²) in [6.45, 7) is 3.71. The quantitative estimate of drug-likeness (QED) is 0.440. The molecular formula is C24H30N4O5S. The number of nitro groups is 1. The van der Waals surface area contributed by atoms with Gasteiger partial charge in [0.25, 0.3) is 5.69 Å². The molecule has 2 aromatic rings. The molecule has 0 aromatic heterocycles. The number of hydrogen-bond donors (Lipinski definition) is 0. The number of sulfonamides is 1. The fraction of sp³-hybridized carbons (Fsp3) is 0.458. The van der Waals surface area contributed by atoms with Crippen LogP contribution in [0.1, 0.15) is 31.2 Å². The fourth-order valence-electron chi connectivity index (χ4n) is 4.49. The summed E-state index contributed by atoms with van der Waals surface area (Å²) < 4.78 is 27.1. The second-order valence-electron chi connectivity index (χ2n) is 8.75. The number of carbonyl (C=O) groups is 1. The van der Waals surface area contributed by atoms with Crippen molar-refractivity contribution in [3.63, 3.8) is 0 Å². The van der Waals surface area contributed by atoms with Gasteiger partial charge in [-0.1, -0.05) is 18.6 Å². The molecule has 1 amide bonds. The molecule has 2 aromatic carbocycles. The van der Waals surface area contributed by atoms with Crippen LogP contribution in [0.15, 0.2) is 53.4 Å². The van der Waals surface area contributed by atoms with Gasteiger partial charge in [-0.05, 0) is 49.1 Å².